The van der Waals surface area contributed by atoms with Crippen LogP contribution in [0.15, 0.2) is 54.2 Å². The predicted octanol–water partition coefficient (Wildman–Crippen LogP) is 3.80. The third-order valence-corrected chi connectivity index (χ3v) is 4.97. The molecule has 2 aromatic heterocycles. The maximum absolute atomic E-state index is 12.9. The quantitative estimate of drug-likeness (QED) is 0.721. The summed E-state index contributed by atoms with van der Waals surface area (Å²) in [5.74, 6) is -0.0287. The summed E-state index contributed by atoms with van der Waals surface area (Å²) in [6, 6.07) is 12.0. The molecule has 1 aromatic carbocycles. The van der Waals surface area contributed by atoms with Crippen LogP contribution in [0.4, 0.5) is 5.69 Å². The number of hydrogen-bond acceptors (Lipinski definition) is 4. The standard InChI is InChI=1S/C18H15N3OS/c1-12-10-14-4-2-3-5-16(14)21(12)18(22)15-11-23-17(20-15)13-6-8-19-9-7-13/h2-9,11-12H,10H2,1H3. The number of pyridine rings is 1. The van der Waals surface area contributed by atoms with Gasteiger partial charge in [-0.25, -0.2) is 4.98 Å². The van der Waals surface area contributed by atoms with Crippen LogP contribution in [0.3, 0.4) is 0 Å². The first-order chi connectivity index (χ1) is 11.2. The van der Waals surface area contributed by atoms with E-state index in [-0.39, 0.29) is 11.9 Å². The molecule has 23 heavy (non-hydrogen) atoms. The molecule has 0 bridgehead atoms. The van der Waals surface area contributed by atoms with Gasteiger partial charge in [-0.2, -0.15) is 0 Å². The van der Waals surface area contributed by atoms with Gasteiger partial charge in [-0.1, -0.05) is 18.2 Å². The molecule has 1 aliphatic rings. The molecule has 4 nitrogen and oxygen atoms in total. The van der Waals surface area contributed by atoms with Crippen molar-refractivity contribution in [2.75, 3.05) is 4.90 Å². The van der Waals surface area contributed by atoms with Crippen molar-refractivity contribution in [1.29, 1.82) is 0 Å². The molecule has 0 aliphatic carbocycles. The van der Waals surface area contributed by atoms with Gasteiger partial charge in [0, 0.05) is 35.1 Å². The second-order valence-electron chi connectivity index (χ2n) is 5.63. The van der Waals surface area contributed by atoms with Gasteiger partial charge in [0.25, 0.3) is 5.91 Å². The lowest BCUT2D eigenvalue weighted by molar-refractivity contribution is 0.0977. The molecular formula is C18H15N3OS. The third-order valence-electron chi connectivity index (χ3n) is 4.08. The smallest absolute Gasteiger partial charge is 0.278 e. The van der Waals surface area contributed by atoms with Crippen LogP contribution < -0.4 is 4.90 Å². The van der Waals surface area contributed by atoms with E-state index in [4.69, 9.17) is 0 Å². The molecule has 0 saturated heterocycles. The average Bonchev–Trinajstić information content (AvgIpc) is 3.19. The first-order valence-electron chi connectivity index (χ1n) is 7.51. The number of anilines is 1. The number of hydrogen-bond donors (Lipinski definition) is 0. The van der Waals surface area contributed by atoms with Crippen LogP contribution in [0.5, 0.6) is 0 Å². The number of carbonyl (C=O) groups is 1. The monoisotopic (exact) mass is 321 g/mol. The Morgan fingerprint density at radius 3 is 2.83 bits per heavy atom. The second-order valence-corrected chi connectivity index (χ2v) is 6.49. The van der Waals surface area contributed by atoms with Crippen molar-refractivity contribution in [3.05, 3.63) is 65.4 Å². The number of aromatic nitrogens is 2. The maximum atomic E-state index is 12.9. The molecule has 114 valence electrons. The van der Waals surface area contributed by atoms with Crippen molar-refractivity contribution in [2.45, 2.75) is 19.4 Å². The summed E-state index contributed by atoms with van der Waals surface area (Å²) < 4.78 is 0. The zero-order chi connectivity index (χ0) is 15.8. The topological polar surface area (TPSA) is 46.1 Å². The molecule has 1 amide bonds. The van der Waals surface area contributed by atoms with Crippen LogP contribution in [0.25, 0.3) is 10.6 Å². The van der Waals surface area contributed by atoms with E-state index in [1.165, 1.54) is 16.9 Å². The molecule has 5 heteroatoms. The number of para-hydroxylation sites is 1. The van der Waals surface area contributed by atoms with Gasteiger partial charge < -0.3 is 4.90 Å². The molecule has 3 aromatic rings. The summed E-state index contributed by atoms with van der Waals surface area (Å²) in [5.41, 5.74) is 3.71. The van der Waals surface area contributed by atoms with Crippen LogP contribution in [-0.2, 0) is 6.42 Å². The highest BCUT2D eigenvalue weighted by Gasteiger charge is 2.32. The average molecular weight is 321 g/mol. The van der Waals surface area contributed by atoms with Gasteiger partial charge in [0.05, 0.1) is 0 Å². The minimum atomic E-state index is -0.0287. The van der Waals surface area contributed by atoms with E-state index in [0.29, 0.717) is 5.69 Å². The zero-order valence-electron chi connectivity index (χ0n) is 12.6. The van der Waals surface area contributed by atoms with E-state index in [0.717, 1.165) is 22.7 Å². The Bertz CT molecular complexity index is 859. The van der Waals surface area contributed by atoms with Gasteiger partial charge in [-0.3, -0.25) is 9.78 Å². The molecule has 0 spiro atoms. The van der Waals surface area contributed by atoms with Crippen LogP contribution >= 0.6 is 11.3 Å². The molecule has 1 atom stereocenters. The van der Waals surface area contributed by atoms with Gasteiger partial charge in [0.2, 0.25) is 0 Å². The first kappa shape index (κ1) is 14.1. The minimum Gasteiger partial charge on any atom is -0.304 e. The van der Waals surface area contributed by atoms with Gasteiger partial charge in [0.1, 0.15) is 10.7 Å². The Morgan fingerprint density at radius 2 is 2.00 bits per heavy atom. The van der Waals surface area contributed by atoms with Crippen LogP contribution in [-0.4, -0.2) is 21.9 Å². The van der Waals surface area contributed by atoms with Crippen molar-refractivity contribution in [2.24, 2.45) is 0 Å². The largest absolute Gasteiger partial charge is 0.304 e. The second kappa shape index (κ2) is 5.59. The number of nitrogens with zero attached hydrogens (tertiary/aromatic N) is 3. The fourth-order valence-corrected chi connectivity index (χ4v) is 3.80. The third kappa shape index (κ3) is 2.43. The fraction of sp³-hybridized carbons (Fsp3) is 0.167. The first-order valence-corrected chi connectivity index (χ1v) is 8.39. The highest BCUT2D eigenvalue weighted by Crippen LogP contribution is 2.33. The molecule has 0 saturated carbocycles. The van der Waals surface area contributed by atoms with Crippen molar-refractivity contribution >= 4 is 22.9 Å². The Labute approximate surface area is 138 Å². The molecule has 3 heterocycles. The molecule has 4 rings (SSSR count). The molecule has 0 N–H and O–H groups in total. The summed E-state index contributed by atoms with van der Waals surface area (Å²) >= 11 is 1.49. The highest BCUT2D eigenvalue weighted by molar-refractivity contribution is 7.13. The van der Waals surface area contributed by atoms with E-state index < -0.39 is 0 Å². The van der Waals surface area contributed by atoms with Crippen molar-refractivity contribution < 1.29 is 4.79 Å². The number of amides is 1. The van der Waals surface area contributed by atoms with Gasteiger partial charge >= 0.3 is 0 Å². The molecule has 0 fully saturated rings. The molecule has 1 aliphatic heterocycles. The fourth-order valence-electron chi connectivity index (χ4n) is 3.00. The Kier molecular flexibility index (Phi) is 3.42. The Morgan fingerprint density at radius 1 is 1.22 bits per heavy atom. The number of fused-ring (bicyclic) bond motifs is 1. The Hall–Kier alpha value is -2.53. The van der Waals surface area contributed by atoms with Gasteiger partial charge in [0.15, 0.2) is 0 Å². The van der Waals surface area contributed by atoms with E-state index in [1.54, 1.807) is 12.4 Å². The zero-order valence-corrected chi connectivity index (χ0v) is 13.5. The SMILES string of the molecule is CC1Cc2ccccc2N1C(=O)c1csc(-c2ccncc2)n1. The normalized spacial score (nSPS) is 16.4. The summed E-state index contributed by atoms with van der Waals surface area (Å²) in [6.07, 6.45) is 4.36. The van der Waals surface area contributed by atoms with Crippen molar-refractivity contribution in [3.63, 3.8) is 0 Å². The van der Waals surface area contributed by atoms with E-state index >= 15 is 0 Å². The number of rotatable bonds is 2. The lowest BCUT2D eigenvalue weighted by atomic mass is 10.1. The van der Waals surface area contributed by atoms with Gasteiger partial charge in [-0.05, 0) is 37.1 Å². The summed E-state index contributed by atoms with van der Waals surface area (Å²) in [6.45, 7) is 2.08. The maximum Gasteiger partial charge on any atom is 0.278 e. The number of benzene rings is 1. The minimum absolute atomic E-state index is 0.0287. The van der Waals surface area contributed by atoms with Crippen LogP contribution in [0.1, 0.15) is 23.0 Å². The predicted molar refractivity (Wildman–Crippen MR) is 91.8 cm³/mol. The van der Waals surface area contributed by atoms with Crippen molar-refractivity contribution in [3.8, 4) is 10.6 Å². The number of thiazole rings is 1. The lowest BCUT2D eigenvalue weighted by Crippen LogP contribution is -2.35. The number of carbonyl (C=O) groups excluding carboxylic acids is 1. The van der Waals surface area contributed by atoms with E-state index in [2.05, 4.69) is 23.0 Å². The van der Waals surface area contributed by atoms with Crippen LogP contribution in [0.2, 0.25) is 0 Å². The van der Waals surface area contributed by atoms with Crippen LogP contribution in [0, 0.1) is 0 Å². The molecule has 1 unspecified atom stereocenters. The molecular weight excluding hydrogens is 306 g/mol. The molecule has 0 radical (unpaired) electrons. The van der Waals surface area contributed by atoms with Crippen molar-refractivity contribution in [1.82, 2.24) is 9.97 Å². The summed E-state index contributed by atoms with van der Waals surface area (Å²) in [4.78, 5) is 23.3. The summed E-state index contributed by atoms with van der Waals surface area (Å²) in [7, 11) is 0. The lowest BCUT2D eigenvalue weighted by Gasteiger charge is -2.21. The Balaban J connectivity index is 1.67. The van der Waals surface area contributed by atoms with E-state index in [1.807, 2.05) is 40.6 Å². The van der Waals surface area contributed by atoms with E-state index in [9.17, 15) is 4.79 Å². The highest BCUT2D eigenvalue weighted by atomic mass is 32.1. The van der Waals surface area contributed by atoms with Gasteiger partial charge in [-0.15, -0.1) is 11.3 Å². The summed E-state index contributed by atoms with van der Waals surface area (Å²) in [5, 5.41) is 2.68.